The Morgan fingerprint density at radius 2 is 1.58 bits per heavy atom. The van der Waals surface area contributed by atoms with E-state index in [4.69, 9.17) is 23.7 Å². The van der Waals surface area contributed by atoms with Crippen molar-refractivity contribution in [2.75, 3.05) is 28.4 Å². The van der Waals surface area contributed by atoms with Crippen molar-refractivity contribution in [1.82, 2.24) is 0 Å². The highest BCUT2D eigenvalue weighted by molar-refractivity contribution is 6.12. The molecular weight excluding hydrogens is 340 g/mol. The summed E-state index contributed by atoms with van der Waals surface area (Å²) in [7, 11) is 5.78. The molecule has 0 aliphatic heterocycles. The first-order valence-electron chi connectivity index (χ1n) is 8.36. The van der Waals surface area contributed by atoms with Crippen molar-refractivity contribution in [3.8, 4) is 23.0 Å². The zero-order valence-corrected chi connectivity index (χ0v) is 16.3. The third-order valence-corrected chi connectivity index (χ3v) is 4.29. The van der Waals surface area contributed by atoms with Gasteiger partial charge >= 0.3 is 0 Å². The number of carbonyl (C=O) groups excluding carboxylic acids is 1. The summed E-state index contributed by atoms with van der Waals surface area (Å²) in [5.41, 5.74) is -1.32. The third-order valence-electron chi connectivity index (χ3n) is 4.29. The molecule has 0 aromatic heterocycles. The lowest BCUT2D eigenvalue weighted by Gasteiger charge is -2.41. The highest BCUT2D eigenvalue weighted by Crippen LogP contribution is 2.55. The van der Waals surface area contributed by atoms with Crippen LogP contribution in [0.5, 0.6) is 23.0 Å². The van der Waals surface area contributed by atoms with Gasteiger partial charge < -0.3 is 28.8 Å². The molecule has 0 amide bonds. The fourth-order valence-corrected chi connectivity index (χ4v) is 3.14. The summed E-state index contributed by atoms with van der Waals surface area (Å²) in [6.07, 6.45) is 0.245. The summed E-state index contributed by atoms with van der Waals surface area (Å²) in [5, 5.41) is 11.3. The number of methoxy groups -OCH3 is 4. The highest BCUT2D eigenvalue weighted by Gasteiger charge is 2.57. The maximum Gasteiger partial charge on any atom is 0.214 e. The first-order chi connectivity index (χ1) is 12.3. The first-order valence-corrected chi connectivity index (χ1v) is 8.36. The van der Waals surface area contributed by atoms with E-state index in [1.807, 2.05) is 20.8 Å². The zero-order chi connectivity index (χ0) is 19.6. The maximum absolute atomic E-state index is 12.8. The van der Waals surface area contributed by atoms with Gasteiger partial charge in [-0.25, -0.2) is 0 Å². The minimum atomic E-state index is -1.96. The molecule has 2 rings (SSSR count). The summed E-state index contributed by atoms with van der Waals surface area (Å²) >= 11 is 0. The van der Waals surface area contributed by atoms with E-state index in [1.54, 1.807) is 0 Å². The van der Waals surface area contributed by atoms with Gasteiger partial charge in [0.2, 0.25) is 22.9 Å². The van der Waals surface area contributed by atoms with Crippen molar-refractivity contribution in [3.63, 3.8) is 0 Å². The number of ether oxygens (including phenoxy) is 5. The minimum Gasteiger partial charge on any atom is -0.493 e. The maximum atomic E-state index is 12.8. The molecule has 0 heterocycles. The lowest BCUT2D eigenvalue weighted by atomic mass is 9.71. The molecule has 7 heteroatoms. The largest absolute Gasteiger partial charge is 0.493 e. The SMILES string of the molecule is CCC1=C(OC(C)C)C(O)(c2cc(OC)c(OC)c(OC)c2OC)C1=O. The van der Waals surface area contributed by atoms with E-state index in [2.05, 4.69) is 0 Å². The van der Waals surface area contributed by atoms with Crippen LogP contribution >= 0.6 is 0 Å². The standard InChI is InChI=1S/C19H26O7/c1-8-11-17(20)19(21,18(11)26-10(2)3)12-9-13(22-4)15(24-6)16(25-7)14(12)23-5/h9-10,21H,8H2,1-7H3. The molecule has 7 nitrogen and oxygen atoms in total. The van der Waals surface area contributed by atoms with E-state index in [-0.39, 0.29) is 28.9 Å². The summed E-state index contributed by atoms with van der Waals surface area (Å²) < 4.78 is 27.3. The number of hydrogen-bond donors (Lipinski definition) is 1. The second-order valence-corrected chi connectivity index (χ2v) is 6.09. The summed E-state index contributed by atoms with van der Waals surface area (Å²) in [6, 6.07) is 1.51. The molecule has 0 bridgehead atoms. The molecule has 0 fully saturated rings. The Morgan fingerprint density at radius 1 is 1.00 bits per heavy atom. The van der Waals surface area contributed by atoms with Crippen molar-refractivity contribution in [3.05, 3.63) is 23.0 Å². The van der Waals surface area contributed by atoms with E-state index in [0.717, 1.165) is 0 Å². The molecule has 1 atom stereocenters. The predicted octanol–water partition coefficient (Wildman–Crippen LogP) is 2.58. The first kappa shape index (κ1) is 19.9. The van der Waals surface area contributed by atoms with Gasteiger partial charge in [-0.15, -0.1) is 0 Å². The van der Waals surface area contributed by atoms with Crippen LogP contribution < -0.4 is 18.9 Å². The lowest BCUT2D eigenvalue weighted by molar-refractivity contribution is -0.143. The van der Waals surface area contributed by atoms with Crippen LogP contribution in [-0.2, 0) is 15.1 Å². The van der Waals surface area contributed by atoms with Gasteiger partial charge in [0.25, 0.3) is 0 Å². The minimum absolute atomic E-state index is 0.181. The smallest absolute Gasteiger partial charge is 0.214 e. The average Bonchev–Trinajstić information content (AvgIpc) is 2.64. The van der Waals surface area contributed by atoms with Gasteiger partial charge in [0, 0.05) is 11.1 Å². The molecular formula is C19H26O7. The average molecular weight is 366 g/mol. The second-order valence-electron chi connectivity index (χ2n) is 6.09. The number of benzene rings is 1. The molecule has 0 spiro atoms. The quantitative estimate of drug-likeness (QED) is 0.757. The molecule has 26 heavy (non-hydrogen) atoms. The Hall–Kier alpha value is -2.41. The van der Waals surface area contributed by atoms with E-state index >= 15 is 0 Å². The number of ketones is 1. The van der Waals surface area contributed by atoms with Gasteiger partial charge in [-0.3, -0.25) is 4.79 Å². The molecule has 1 unspecified atom stereocenters. The van der Waals surface area contributed by atoms with Crippen molar-refractivity contribution in [2.24, 2.45) is 0 Å². The number of aliphatic hydroxyl groups is 1. The Bertz CT molecular complexity index is 736. The number of hydrogen-bond acceptors (Lipinski definition) is 7. The van der Waals surface area contributed by atoms with Crippen LogP contribution in [0, 0.1) is 0 Å². The summed E-state index contributed by atoms with van der Waals surface area (Å²) in [6.45, 7) is 5.49. The molecule has 1 aromatic rings. The molecule has 0 saturated heterocycles. The van der Waals surface area contributed by atoms with Gasteiger partial charge in [-0.2, -0.15) is 0 Å². The van der Waals surface area contributed by atoms with Crippen LogP contribution in [0.3, 0.4) is 0 Å². The molecule has 144 valence electrons. The molecule has 0 radical (unpaired) electrons. The van der Waals surface area contributed by atoms with E-state index in [1.165, 1.54) is 34.5 Å². The molecule has 1 aromatic carbocycles. The van der Waals surface area contributed by atoms with Crippen LogP contribution in [0.1, 0.15) is 32.8 Å². The fraction of sp³-hybridized carbons (Fsp3) is 0.526. The Kier molecular flexibility index (Phi) is 5.71. The lowest BCUT2D eigenvalue weighted by Crippen LogP contribution is -2.50. The fourth-order valence-electron chi connectivity index (χ4n) is 3.14. The Balaban J connectivity index is 2.78. The van der Waals surface area contributed by atoms with Crippen molar-refractivity contribution >= 4 is 5.78 Å². The van der Waals surface area contributed by atoms with Gasteiger partial charge in [-0.05, 0) is 26.3 Å². The van der Waals surface area contributed by atoms with E-state index in [9.17, 15) is 9.90 Å². The predicted molar refractivity (Wildman–Crippen MR) is 95.1 cm³/mol. The van der Waals surface area contributed by atoms with Gasteiger partial charge in [-0.1, -0.05) is 6.92 Å². The monoisotopic (exact) mass is 366 g/mol. The molecule has 1 aliphatic carbocycles. The third kappa shape index (κ3) is 2.76. The molecule has 0 saturated carbocycles. The number of carbonyl (C=O) groups is 1. The van der Waals surface area contributed by atoms with Crippen LogP contribution in [-0.4, -0.2) is 45.4 Å². The number of Topliss-reactive ketones (excluding diaryl/α,β-unsaturated/α-hetero) is 1. The molecule has 1 aliphatic rings. The van der Waals surface area contributed by atoms with Crippen molar-refractivity contribution in [1.29, 1.82) is 0 Å². The van der Waals surface area contributed by atoms with Crippen molar-refractivity contribution < 1.29 is 33.6 Å². The second kappa shape index (κ2) is 7.45. The normalized spacial score (nSPS) is 19.3. The van der Waals surface area contributed by atoms with Gasteiger partial charge in [0.1, 0.15) is 5.76 Å². The Morgan fingerprint density at radius 3 is 2.00 bits per heavy atom. The number of rotatable bonds is 8. The highest BCUT2D eigenvalue weighted by atomic mass is 16.5. The summed E-state index contributed by atoms with van der Waals surface area (Å²) in [5.74, 6) is 0.809. The zero-order valence-electron chi connectivity index (χ0n) is 16.3. The topological polar surface area (TPSA) is 83.5 Å². The van der Waals surface area contributed by atoms with Crippen molar-refractivity contribution in [2.45, 2.75) is 38.9 Å². The molecule has 1 N–H and O–H groups in total. The Labute approximate surface area is 153 Å². The van der Waals surface area contributed by atoms with Crippen LogP contribution in [0.2, 0.25) is 0 Å². The van der Waals surface area contributed by atoms with E-state index in [0.29, 0.717) is 23.5 Å². The van der Waals surface area contributed by atoms with Crippen LogP contribution in [0.15, 0.2) is 17.4 Å². The summed E-state index contributed by atoms with van der Waals surface area (Å²) in [4.78, 5) is 12.8. The van der Waals surface area contributed by atoms with Crippen LogP contribution in [0.25, 0.3) is 0 Å². The van der Waals surface area contributed by atoms with E-state index < -0.39 is 11.4 Å². The van der Waals surface area contributed by atoms with Gasteiger partial charge in [0.05, 0.1) is 34.5 Å². The van der Waals surface area contributed by atoms with Gasteiger partial charge in [0.15, 0.2) is 11.5 Å². The van der Waals surface area contributed by atoms with Crippen LogP contribution in [0.4, 0.5) is 0 Å².